The molecule has 0 aliphatic heterocycles. The van der Waals surface area contributed by atoms with E-state index in [-0.39, 0.29) is 0 Å². The van der Waals surface area contributed by atoms with Crippen LogP contribution in [0, 0.1) is 0 Å². The summed E-state index contributed by atoms with van der Waals surface area (Å²) in [5.41, 5.74) is 6.51. The number of nitrogen functional groups attached to an aromatic ring is 1. The van der Waals surface area contributed by atoms with E-state index < -0.39 is 5.97 Å². The lowest BCUT2D eigenvalue weighted by Gasteiger charge is -2.10. The van der Waals surface area contributed by atoms with Gasteiger partial charge >= 0.3 is 5.97 Å². The first-order valence-corrected chi connectivity index (χ1v) is 6.37. The van der Waals surface area contributed by atoms with Crippen molar-refractivity contribution in [3.8, 4) is 11.5 Å². The molecule has 0 amide bonds. The summed E-state index contributed by atoms with van der Waals surface area (Å²) in [4.78, 5) is 11.4. The van der Waals surface area contributed by atoms with Crippen LogP contribution in [-0.2, 0) is 4.74 Å². The molecule has 0 heterocycles. The van der Waals surface area contributed by atoms with Crippen molar-refractivity contribution in [1.29, 1.82) is 0 Å². The molecule has 0 spiro atoms. The monoisotopic (exact) mass is 311 g/mol. The van der Waals surface area contributed by atoms with E-state index in [2.05, 4.69) is 4.74 Å². The number of rotatable bonds is 3. The fourth-order valence-electron chi connectivity index (χ4n) is 1.55. The van der Waals surface area contributed by atoms with Gasteiger partial charge in [-0.25, -0.2) is 4.79 Å². The second kappa shape index (κ2) is 6.03. The zero-order valence-electron chi connectivity index (χ0n) is 10.5. The zero-order chi connectivity index (χ0) is 14.7. The van der Waals surface area contributed by atoms with Gasteiger partial charge in [-0.05, 0) is 30.3 Å². The number of halogens is 2. The van der Waals surface area contributed by atoms with Crippen molar-refractivity contribution in [2.75, 3.05) is 12.8 Å². The molecule has 104 valence electrons. The van der Waals surface area contributed by atoms with E-state index in [9.17, 15) is 4.79 Å². The van der Waals surface area contributed by atoms with Gasteiger partial charge < -0.3 is 15.2 Å². The normalized spacial score (nSPS) is 10.2. The molecule has 0 saturated heterocycles. The van der Waals surface area contributed by atoms with Gasteiger partial charge in [0, 0.05) is 6.07 Å². The minimum absolute atomic E-state index is 0.318. The van der Waals surface area contributed by atoms with Gasteiger partial charge in [-0.2, -0.15) is 0 Å². The molecule has 0 fully saturated rings. The highest BCUT2D eigenvalue weighted by Crippen LogP contribution is 2.32. The summed E-state index contributed by atoms with van der Waals surface area (Å²) in [6.07, 6.45) is 0. The number of carbonyl (C=O) groups is 1. The molecule has 0 aliphatic carbocycles. The molecule has 0 saturated carbocycles. The van der Waals surface area contributed by atoms with Crippen molar-refractivity contribution in [3.63, 3.8) is 0 Å². The fraction of sp³-hybridized carbons (Fsp3) is 0.0714. The molecule has 0 bridgehead atoms. The maximum atomic E-state index is 11.4. The molecule has 0 aromatic heterocycles. The topological polar surface area (TPSA) is 61.5 Å². The van der Waals surface area contributed by atoms with Crippen molar-refractivity contribution < 1.29 is 14.3 Å². The lowest BCUT2D eigenvalue weighted by Crippen LogP contribution is -2.02. The predicted molar refractivity (Wildman–Crippen MR) is 78.7 cm³/mol. The highest BCUT2D eigenvalue weighted by molar-refractivity contribution is 6.42. The third kappa shape index (κ3) is 3.15. The molecule has 2 aromatic carbocycles. The molecule has 2 N–H and O–H groups in total. The smallest absolute Gasteiger partial charge is 0.337 e. The highest BCUT2D eigenvalue weighted by Gasteiger charge is 2.10. The van der Waals surface area contributed by atoms with E-state index >= 15 is 0 Å². The number of esters is 1. The minimum atomic E-state index is -0.460. The van der Waals surface area contributed by atoms with E-state index in [1.54, 1.807) is 30.3 Å². The molecule has 2 aromatic rings. The minimum Gasteiger partial charge on any atom is -0.465 e. The molecule has 0 atom stereocenters. The van der Waals surface area contributed by atoms with Gasteiger partial charge in [0.25, 0.3) is 0 Å². The van der Waals surface area contributed by atoms with Crippen LogP contribution in [0.2, 0.25) is 10.0 Å². The molecule has 20 heavy (non-hydrogen) atoms. The summed E-state index contributed by atoms with van der Waals surface area (Å²) in [5.74, 6) is 0.450. The first kappa shape index (κ1) is 14.5. The number of hydrogen-bond acceptors (Lipinski definition) is 4. The van der Waals surface area contributed by atoms with Crippen LogP contribution in [0.15, 0.2) is 36.4 Å². The average Bonchev–Trinajstić information content (AvgIpc) is 2.44. The van der Waals surface area contributed by atoms with Crippen LogP contribution < -0.4 is 10.5 Å². The van der Waals surface area contributed by atoms with Crippen LogP contribution in [0.3, 0.4) is 0 Å². The third-order valence-electron chi connectivity index (χ3n) is 2.55. The quantitative estimate of drug-likeness (QED) is 0.683. The number of anilines is 1. The van der Waals surface area contributed by atoms with Crippen molar-refractivity contribution >= 4 is 34.9 Å². The zero-order valence-corrected chi connectivity index (χ0v) is 12.0. The van der Waals surface area contributed by atoms with Gasteiger partial charge in [0.2, 0.25) is 0 Å². The van der Waals surface area contributed by atoms with E-state index in [1.807, 2.05) is 0 Å². The molecule has 0 aliphatic rings. The summed E-state index contributed by atoms with van der Waals surface area (Å²) in [7, 11) is 1.30. The Balaban J connectivity index is 2.25. The van der Waals surface area contributed by atoms with Gasteiger partial charge in [0.1, 0.15) is 11.5 Å². The van der Waals surface area contributed by atoms with Gasteiger partial charge in [-0.3, -0.25) is 0 Å². The highest BCUT2D eigenvalue weighted by atomic mass is 35.5. The molecule has 2 rings (SSSR count). The largest absolute Gasteiger partial charge is 0.465 e. The second-order valence-corrected chi connectivity index (χ2v) is 4.74. The maximum Gasteiger partial charge on any atom is 0.337 e. The third-order valence-corrected chi connectivity index (χ3v) is 3.29. The molecule has 0 radical (unpaired) electrons. The Morgan fingerprint density at radius 3 is 2.45 bits per heavy atom. The summed E-state index contributed by atoms with van der Waals surface area (Å²) in [6.45, 7) is 0. The Morgan fingerprint density at radius 1 is 1.10 bits per heavy atom. The predicted octanol–water partition coefficient (Wildman–Crippen LogP) is 4.15. The van der Waals surface area contributed by atoms with Gasteiger partial charge in [-0.1, -0.05) is 23.2 Å². The van der Waals surface area contributed by atoms with E-state index in [4.69, 9.17) is 33.7 Å². The van der Waals surface area contributed by atoms with Crippen molar-refractivity contribution in [1.82, 2.24) is 0 Å². The number of ether oxygens (including phenoxy) is 2. The summed E-state index contributed by atoms with van der Waals surface area (Å²) < 4.78 is 10.2. The van der Waals surface area contributed by atoms with Gasteiger partial charge in [0.15, 0.2) is 0 Å². The van der Waals surface area contributed by atoms with Crippen LogP contribution >= 0.6 is 23.2 Å². The van der Waals surface area contributed by atoms with E-state index in [0.29, 0.717) is 32.8 Å². The second-order valence-electron chi connectivity index (χ2n) is 3.92. The summed E-state index contributed by atoms with van der Waals surface area (Å²) >= 11 is 11.7. The van der Waals surface area contributed by atoms with Crippen LogP contribution in [-0.4, -0.2) is 13.1 Å². The van der Waals surface area contributed by atoms with Crippen LogP contribution in [0.25, 0.3) is 0 Å². The number of carbonyl (C=O) groups excluding carboxylic acids is 1. The standard InChI is InChI=1S/C14H11Cl2NO3/c1-19-14(18)8-2-5-13(12(17)6-8)20-9-3-4-10(15)11(16)7-9/h2-7H,17H2,1H3. The van der Waals surface area contributed by atoms with Gasteiger partial charge in [-0.15, -0.1) is 0 Å². The molecule has 4 nitrogen and oxygen atoms in total. The molecule has 6 heteroatoms. The van der Waals surface area contributed by atoms with Crippen LogP contribution in [0.1, 0.15) is 10.4 Å². The molecular weight excluding hydrogens is 301 g/mol. The SMILES string of the molecule is COC(=O)c1ccc(Oc2ccc(Cl)c(Cl)c2)c(N)c1. The molecule has 0 unspecified atom stereocenters. The van der Waals surface area contributed by atoms with Gasteiger partial charge in [0.05, 0.1) is 28.4 Å². The van der Waals surface area contributed by atoms with Crippen LogP contribution in [0.5, 0.6) is 11.5 Å². The Hall–Kier alpha value is -1.91. The number of benzene rings is 2. The number of nitrogens with two attached hydrogens (primary N) is 1. The first-order chi connectivity index (χ1) is 9.51. The fourth-order valence-corrected chi connectivity index (χ4v) is 1.84. The number of hydrogen-bond donors (Lipinski definition) is 1. The van der Waals surface area contributed by atoms with E-state index in [1.165, 1.54) is 13.2 Å². The van der Waals surface area contributed by atoms with E-state index in [0.717, 1.165) is 0 Å². The summed E-state index contributed by atoms with van der Waals surface area (Å²) in [5, 5.41) is 0.821. The Kier molecular flexibility index (Phi) is 4.37. The molecular formula is C14H11Cl2NO3. The first-order valence-electron chi connectivity index (χ1n) is 5.62. The average molecular weight is 312 g/mol. The van der Waals surface area contributed by atoms with Crippen molar-refractivity contribution in [2.24, 2.45) is 0 Å². The Labute approximate surface area is 126 Å². The lowest BCUT2D eigenvalue weighted by atomic mass is 10.2. The van der Waals surface area contributed by atoms with Crippen LogP contribution in [0.4, 0.5) is 5.69 Å². The summed E-state index contributed by atoms with van der Waals surface area (Å²) in [6, 6.07) is 9.51. The Bertz CT molecular complexity index is 659. The van der Waals surface area contributed by atoms with Crippen molar-refractivity contribution in [3.05, 3.63) is 52.0 Å². The number of methoxy groups -OCH3 is 1. The Morgan fingerprint density at radius 2 is 1.85 bits per heavy atom. The lowest BCUT2D eigenvalue weighted by molar-refractivity contribution is 0.0601. The van der Waals surface area contributed by atoms with Crippen molar-refractivity contribution in [2.45, 2.75) is 0 Å². The maximum absolute atomic E-state index is 11.4.